The Morgan fingerprint density at radius 1 is 1.73 bits per heavy atom. The van der Waals surface area contributed by atoms with Crippen molar-refractivity contribution >= 4 is 5.91 Å². The van der Waals surface area contributed by atoms with Crippen molar-refractivity contribution in [3.05, 3.63) is 0 Å². The number of nitrogens with one attached hydrogen (secondary N) is 1. The summed E-state index contributed by atoms with van der Waals surface area (Å²) in [4.78, 5) is 13.5. The predicted molar refractivity (Wildman–Crippen MR) is 58.1 cm³/mol. The van der Waals surface area contributed by atoms with Gasteiger partial charge in [-0.1, -0.05) is 12.8 Å². The highest BCUT2D eigenvalue weighted by Crippen LogP contribution is 2.23. The van der Waals surface area contributed by atoms with Crippen LogP contribution in [0.5, 0.6) is 0 Å². The molecule has 2 N–H and O–H groups in total. The average Bonchev–Trinajstić information content (AvgIpc) is 2.59. The SMILES string of the molecule is C#CCNCC(=O)N1CCC(C)C1CO. The number of terminal acetylenes is 1. The molecular formula is C11H18N2O2. The first-order valence-corrected chi connectivity index (χ1v) is 5.25. The van der Waals surface area contributed by atoms with Gasteiger partial charge in [-0.15, -0.1) is 6.42 Å². The molecule has 4 heteroatoms. The Hall–Kier alpha value is -1.05. The first-order valence-electron chi connectivity index (χ1n) is 5.25. The van der Waals surface area contributed by atoms with Gasteiger partial charge in [-0.3, -0.25) is 10.1 Å². The molecule has 84 valence electrons. The van der Waals surface area contributed by atoms with Gasteiger partial charge in [-0.25, -0.2) is 0 Å². The van der Waals surface area contributed by atoms with E-state index in [-0.39, 0.29) is 25.1 Å². The van der Waals surface area contributed by atoms with Crippen LogP contribution in [0.3, 0.4) is 0 Å². The molecule has 0 bridgehead atoms. The molecule has 0 aromatic carbocycles. The minimum absolute atomic E-state index is 0.0219. The minimum atomic E-state index is -0.0230. The predicted octanol–water partition coefficient (Wildman–Crippen LogP) is -0.561. The number of likely N-dealkylation sites (tertiary alicyclic amines) is 1. The number of nitrogens with zero attached hydrogens (tertiary/aromatic N) is 1. The maximum absolute atomic E-state index is 11.7. The van der Waals surface area contributed by atoms with E-state index in [0.717, 1.165) is 13.0 Å². The van der Waals surface area contributed by atoms with Crippen LogP contribution in [-0.2, 0) is 4.79 Å². The number of amides is 1. The van der Waals surface area contributed by atoms with Crippen molar-refractivity contribution in [1.29, 1.82) is 0 Å². The molecule has 1 heterocycles. The van der Waals surface area contributed by atoms with Crippen LogP contribution in [-0.4, -0.2) is 48.2 Å². The van der Waals surface area contributed by atoms with E-state index in [2.05, 4.69) is 18.2 Å². The van der Waals surface area contributed by atoms with E-state index >= 15 is 0 Å². The molecular weight excluding hydrogens is 192 g/mol. The molecule has 0 saturated carbocycles. The first kappa shape index (κ1) is 12.0. The molecule has 1 rings (SSSR count). The van der Waals surface area contributed by atoms with E-state index in [1.54, 1.807) is 4.90 Å². The van der Waals surface area contributed by atoms with Crippen molar-refractivity contribution in [2.45, 2.75) is 19.4 Å². The Labute approximate surface area is 90.6 Å². The van der Waals surface area contributed by atoms with E-state index in [9.17, 15) is 9.90 Å². The van der Waals surface area contributed by atoms with Gasteiger partial charge in [-0.2, -0.15) is 0 Å². The Balaban J connectivity index is 2.42. The lowest BCUT2D eigenvalue weighted by molar-refractivity contribution is -0.132. The maximum atomic E-state index is 11.7. The van der Waals surface area contributed by atoms with Crippen molar-refractivity contribution in [3.8, 4) is 12.3 Å². The topological polar surface area (TPSA) is 52.6 Å². The lowest BCUT2D eigenvalue weighted by atomic mass is 10.0. The molecule has 1 aliphatic rings. The van der Waals surface area contributed by atoms with Crippen LogP contribution in [0.2, 0.25) is 0 Å². The Morgan fingerprint density at radius 3 is 3.07 bits per heavy atom. The molecule has 1 aliphatic heterocycles. The molecule has 1 saturated heterocycles. The molecule has 1 amide bonds. The van der Waals surface area contributed by atoms with Crippen LogP contribution in [0.25, 0.3) is 0 Å². The van der Waals surface area contributed by atoms with Crippen LogP contribution >= 0.6 is 0 Å². The molecule has 15 heavy (non-hydrogen) atoms. The summed E-state index contributed by atoms with van der Waals surface area (Å²) in [6.07, 6.45) is 6.03. The number of aliphatic hydroxyl groups is 1. The van der Waals surface area contributed by atoms with Gasteiger partial charge >= 0.3 is 0 Å². The summed E-state index contributed by atoms with van der Waals surface area (Å²) in [6, 6.07) is -0.0230. The van der Waals surface area contributed by atoms with Crippen molar-refractivity contribution in [2.75, 3.05) is 26.2 Å². The van der Waals surface area contributed by atoms with Gasteiger partial charge in [0.05, 0.1) is 25.7 Å². The molecule has 0 spiro atoms. The highest BCUT2D eigenvalue weighted by atomic mass is 16.3. The molecule has 0 aromatic rings. The summed E-state index contributed by atoms with van der Waals surface area (Å²) in [7, 11) is 0. The van der Waals surface area contributed by atoms with Gasteiger partial charge in [0.1, 0.15) is 0 Å². The van der Waals surface area contributed by atoms with Gasteiger partial charge in [0.25, 0.3) is 0 Å². The van der Waals surface area contributed by atoms with E-state index in [4.69, 9.17) is 6.42 Å². The maximum Gasteiger partial charge on any atom is 0.236 e. The summed E-state index contributed by atoms with van der Waals surface area (Å²) in [6.45, 7) is 3.50. The minimum Gasteiger partial charge on any atom is -0.394 e. The van der Waals surface area contributed by atoms with E-state index in [1.165, 1.54) is 0 Å². The highest BCUT2D eigenvalue weighted by molar-refractivity contribution is 5.79. The number of rotatable bonds is 4. The second-order valence-corrected chi connectivity index (χ2v) is 3.91. The highest BCUT2D eigenvalue weighted by Gasteiger charge is 2.33. The molecule has 2 unspecified atom stereocenters. The van der Waals surface area contributed by atoms with Crippen LogP contribution in [0.1, 0.15) is 13.3 Å². The smallest absolute Gasteiger partial charge is 0.236 e. The zero-order chi connectivity index (χ0) is 11.3. The van der Waals surface area contributed by atoms with Gasteiger partial charge in [0.2, 0.25) is 5.91 Å². The lowest BCUT2D eigenvalue weighted by Gasteiger charge is -2.25. The van der Waals surface area contributed by atoms with E-state index < -0.39 is 0 Å². The molecule has 0 radical (unpaired) electrons. The fourth-order valence-corrected chi connectivity index (χ4v) is 1.94. The van der Waals surface area contributed by atoms with Crippen molar-refractivity contribution in [3.63, 3.8) is 0 Å². The molecule has 1 fully saturated rings. The average molecular weight is 210 g/mol. The molecule has 2 atom stereocenters. The Morgan fingerprint density at radius 2 is 2.47 bits per heavy atom. The van der Waals surface area contributed by atoms with Gasteiger partial charge < -0.3 is 10.0 Å². The largest absolute Gasteiger partial charge is 0.394 e. The monoisotopic (exact) mass is 210 g/mol. The first-order chi connectivity index (χ1) is 7.20. The van der Waals surface area contributed by atoms with Crippen molar-refractivity contribution in [1.82, 2.24) is 10.2 Å². The van der Waals surface area contributed by atoms with E-state index in [0.29, 0.717) is 12.5 Å². The van der Waals surface area contributed by atoms with Crippen molar-refractivity contribution < 1.29 is 9.90 Å². The number of aliphatic hydroxyl groups excluding tert-OH is 1. The summed E-state index contributed by atoms with van der Waals surface area (Å²) in [5.74, 6) is 2.82. The normalized spacial score (nSPS) is 25.3. The fourth-order valence-electron chi connectivity index (χ4n) is 1.94. The third-order valence-corrected chi connectivity index (χ3v) is 2.89. The van der Waals surface area contributed by atoms with Gasteiger partial charge in [0.15, 0.2) is 0 Å². The third-order valence-electron chi connectivity index (χ3n) is 2.89. The van der Waals surface area contributed by atoms with E-state index in [1.807, 2.05) is 0 Å². The third kappa shape index (κ3) is 2.95. The lowest BCUT2D eigenvalue weighted by Crippen LogP contribution is -2.44. The van der Waals surface area contributed by atoms with Crippen LogP contribution in [0, 0.1) is 18.3 Å². The Bertz CT molecular complexity index is 260. The standard InChI is InChI=1S/C11H18N2O2/c1-3-5-12-7-11(15)13-6-4-9(2)10(13)8-14/h1,9-10,12,14H,4-8H2,2H3. The van der Waals surface area contributed by atoms with Crippen LogP contribution in [0.4, 0.5) is 0 Å². The van der Waals surface area contributed by atoms with Crippen LogP contribution < -0.4 is 5.32 Å². The van der Waals surface area contributed by atoms with Crippen LogP contribution in [0.15, 0.2) is 0 Å². The Kier molecular flexibility index (Phi) is 4.60. The quantitative estimate of drug-likeness (QED) is 0.483. The summed E-state index contributed by atoms with van der Waals surface area (Å²) in [5, 5.41) is 12.0. The summed E-state index contributed by atoms with van der Waals surface area (Å²) in [5.41, 5.74) is 0. The number of carbonyl (C=O) groups excluding carboxylic acids is 1. The number of carbonyl (C=O) groups is 1. The molecule has 0 aliphatic carbocycles. The summed E-state index contributed by atoms with van der Waals surface area (Å²) >= 11 is 0. The zero-order valence-corrected chi connectivity index (χ0v) is 9.07. The summed E-state index contributed by atoms with van der Waals surface area (Å²) < 4.78 is 0. The second-order valence-electron chi connectivity index (χ2n) is 3.91. The molecule has 4 nitrogen and oxygen atoms in total. The number of hydrogen-bond acceptors (Lipinski definition) is 3. The number of hydrogen-bond donors (Lipinski definition) is 2. The van der Waals surface area contributed by atoms with Gasteiger partial charge in [-0.05, 0) is 12.3 Å². The zero-order valence-electron chi connectivity index (χ0n) is 9.07. The molecule has 0 aromatic heterocycles. The van der Waals surface area contributed by atoms with Crippen molar-refractivity contribution in [2.24, 2.45) is 5.92 Å². The fraction of sp³-hybridized carbons (Fsp3) is 0.727. The second kappa shape index (κ2) is 5.74. The van der Waals surface area contributed by atoms with Gasteiger partial charge in [0, 0.05) is 6.54 Å².